The topological polar surface area (TPSA) is 117 Å². The van der Waals surface area contributed by atoms with Crippen molar-refractivity contribution in [3.05, 3.63) is 58.9 Å². The highest BCUT2D eigenvalue weighted by molar-refractivity contribution is 6.00. The lowest BCUT2D eigenvalue weighted by Crippen LogP contribution is -2.54. The smallest absolute Gasteiger partial charge is 0.329 e. The number of nitrogens with zero attached hydrogens (tertiary/aromatic N) is 2. The zero-order valence-corrected chi connectivity index (χ0v) is 22.0. The van der Waals surface area contributed by atoms with Crippen LogP contribution in [0.1, 0.15) is 80.7 Å². The van der Waals surface area contributed by atoms with Crippen molar-refractivity contribution in [1.82, 2.24) is 9.88 Å². The maximum Gasteiger partial charge on any atom is 0.329 e. The van der Waals surface area contributed by atoms with Crippen LogP contribution in [0.4, 0.5) is 0 Å². The third-order valence-corrected chi connectivity index (χ3v) is 6.85. The lowest BCUT2D eigenvalue weighted by molar-refractivity contribution is -0.150. The van der Waals surface area contributed by atoms with Crippen molar-refractivity contribution in [2.75, 3.05) is 7.11 Å². The van der Waals surface area contributed by atoms with Crippen LogP contribution in [0, 0.1) is 18.8 Å². The number of carbonyl (C=O) groups is 3. The molecule has 8 nitrogen and oxygen atoms in total. The number of aromatic nitrogens is 1. The van der Waals surface area contributed by atoms with Crippen molar-refractivity contribution in [2.45, 2.75) is 71.4 Å². The summed E-state index contributed by atoms with van der Waals surface area (Å²) >= 11 is 0. The highest BCUT2D eigenvalue weighted by Crippen LogP contribution is 2.50. The van der Waals surface area contributed by atoms with Crippen molar-refractivity contribution in [2.24, 2.45) is 11.8 Å². The number of carbonyl (C=O) groups excluding carboxylic acids is 1. The van der Waals surface area contributed by atoms with Crippen LogP contribution in [0.15, 0.2) is 36.5 Å². The van der Waals surface area contributed by atoms with Gasteiger partial charge in [-0.05, 0) is 60.4 Å². The summed E-state index contributed by atoms with van der Waals surface area (Å²) in [6, 6.07) is 7.49. The molecular formula is C28H36N2O6. The van der Waals surface area contributed by atoms with Gasteiger partial charge >= 0.3 is 11.9 Å². The molecule has 1 aliphatic rings. The SMILES string of the molecule is COc1cc(C(=O)N2[C@@H](c3ccc(C)cn3)[C@@H](C(=O)O)C[C@@]2(CC(C)C)C(=O)O)ccc1C(C)(C)C. The summed E-state index contributed by atoms with van der Waals surface area (Å²) in [4.78, 5) is 45.2. The number of benzene rings is 1. The van der Waals surface area contributed by atoms with E-state index in [1.165, 1.54) is 12.0 Å². The number of aliphatic carboxylic acids is 2. The maximum absolute atomic E-state index is 14.2. The van der Waals surface area contributed by atoms with E-state index in [0.29, 0.717) is 11.4 Å². The van der Waals surface area contributed by atoms with Crippen LogP contribution < -0.4 is 4.74 Å². The Kier molecular flexibility index (Phi) is 7.48. The van der Waals surface area contributed by atoms with Gasteiger partial charge in [0.25, 0.3) is 5.91 Å². The van der Waals surface area contributed by atoms with Gasteiger partial charge in [-0.2, -0.15) is 0 Å². The first-order valence-electron chi connectivity index (χ1n) is 12.1. The van der Waals surface area contributed by atoms with Crippen molar-refractivity contribution >= 4 is 17.8 Å². The zero-order chi connectivity index (χ0) is 27.0. The van der Waals surface area contributed by atoms with E-state index in [1.807, 2.05) is 41.5 Å². The molecule has 1 aromatic carbocycles. The second kappa shape index (κ2) is 9.91. The zero-order valence-electron chi connectivity index (χ0n) is 22.0. The van der Waals surface area contributed by atoms with Gasteiger partial charge in [-0.3, -0.25) is 14.6 Å². The molecule has 0 aliphatic carbocycles. The number of carboxylic acid groups (broad SMARTS) is 2. The lowest BCUT2D eigenvalue weighted by atomic mass is 9.83. The Bertz CT molecular complexity index is 1150. The Morgan fingerprint density at radius 2 is 1.83 bits per heavy atom. The van der Waals surface area contributed by atoms with Crippen molar-refractivity contribution in [1.29, 1.82) is 0 Å². The Hall–Kier alpha value is -3.42. The van der Waals surface area contributed by atoms with Gasteiger partial charge in [0, 0.05) is 11.8 Å². The summed E-state index contributed by atoms with van der Waals surface area (Å²) in [5, 5.41) is 20.7. The van der Waals surface area contributed by atoms with Gasteiger partial charge in [0.1, 0.15) is 11.3 Å². The first kappa shape index (κ1) is 27.2. The van der Waals surface area contributed by atoms with Gasteiger partial charge in [-0.1, -0.05) is 46.8 Å². The summed E-state index contributed by atoms with van der Waals surface area (Å²) in [6.07, 6.45) is 1.50. The van der Waals surface area contributed by atoms with E-state index in [4.69, 9.17) is 4.74 Å². The number of carboxylic acids is 2. The van der Waals surface area contributed by atoms with Crippen molar-refractivity contribution in [3.8, 4) is 5.75 Å². The predicted octanol–water partition coefficient (Wildman–Crippen LogP) is 4.85. The Labute approximate surface area is 212 Å². The second-order valence-corrected chi connectivity index (χ2v) is 11.1. The van der Waals surface area contributed by atoms with E-state index < -0.39 is 35.3 Å². The summed E-state index contributed by atoms with van der Waals surface area (Å²) in [5.41, 5.74) is 0.405. The quantitative estimate of drug-likeness (QED) is 0.562. The van der Waals surface area contributed by atoms with E-state index in [9.17, 15) is 24.6 Å². The minimum absolute atomic E-state index is 0.103. The predicted molar refractivity (Wildman–Crippen MR) is 135 cm³/mol. The van der Waals surface area contributed by atoms with Crippen LogP contribution in [0.25, 0.3) is 0 Å². The van der Waals surface area contributed by atoms with Crippen molar-refractivity contribution < 1.29 is 29.3 Å². The Morgan fingerprint density at radius 1 is 1.17 bits per heavy atom. The molecule has 2 heterocycles. The minimum atomic E-state index is -1.71. The van der Waals surface area contributed by atoms with Crippen LogP contribution in [-0.4, -0.2) is 50.6 Å². The molecule has 36 heavy (non-hydrogen) atoms. The number of methoxy groups -OCH3 is 1. The Morgan fingerprint density at radius 3 is 2.31 bits per heavy atom. The first-order valence-corrected chi connectivity index (χ1v) is 12.1. The van der Waals surface area contributed by atoms with Crippen molar-refractivity contribution in [3.63, 3.8) is 0 Å². The number of pyridine rings is 1. The van der Waals surface area contributed by atoms with E-state index in [2.05, 4.69) is 4.98 Å². The molecule has 0 saturated carbocycles. The van der Waals surface area contributed by atoms with Crippen LogP contribution in [-0.2, 0) is 15.0 Å². The molecule has 8 heteroatoms. The molecule has 0 spiro atoms. The fraction of sp³-hybridized carbons (Fsp3) is 0.500. The molecule has 0 unspecified atom stereocenters. The number of hydrogen-bond acceptors (Lipinski definition) is 5. The van der Waals surface area contributed by atoms with Crippen LogP contribution in [0.3, 0.4) is 0 Å². The third-order valence-electron chi connectivity index (χ3n) is 6.85. The fourth-order valence-electron chi connectivity index (χ4n) is 5.27. The van der Waals surface area contributed by atoms with Gasteiger partial charge in [0.15, 0.2) is 0 Å². The van der Waals surface area contributed by atoms with Gasteiger partial charge in [-0.15, -0.1) is 0 Å². The van der Waals surface area contributed by atoms with Crippen LogP contribution in [0.5, 0.6) is 5.75 Å². The van der Waals surface area contributed by atoms with Gasteiger partial charge in [0.2, 0.25) is 0 Å². The largest absolute Gasteiger partial charge is 0.496 e. The molecule has 0 radical (unpaired) electrons. The van der Waals surface area contributed by atoms with Crippen LogP contribution in [0.2, 0.25) is 0 Å². The third kappa shape index (κ3) is 4.94. The van der Waals surface area contributed by atoms with Gasteiger partial charge in [0.05, 0.1) is 24.8 Å². The summed E-state index contributed by atoms with van der Waals surface area (Å²) in [6.45, 7) is 11.7. The van der Waals surface area contributed by atoms with E-state index in [1.54, 1.807) is 36.5 Å². The van der Waals surface area contributed by atoms with Gasteiger partial charge < -0.3 is 19.8 Å². The number of aryl methyl sites for hydroxylation is 1. The maximum atomic E-state index is 14.2. The number of likely N-dealkylation sites (tertiary alicyclic amines) is 1. The first-order chi connectivity index (χ1) is 16.7. The molecule has 1 fully saturated rings. The average Bonchev–Trinajstić information content (AvgIpc) is 3.14. The molecule has 3 atom stereocenters. The number of amides is 1. The standard InChI is InChI=1S/C28H36N2O6/c1-16(2)13-28(26(34)35)14-19(25(32)33)23(21-11-8-17(3)15-29-21)30(28)24(31)18-9-10-20(27(4,5)6)22(12-18)36-7/h8-12,15-16,19,23H,13-14H2,1-7H3,(H,32,33)(H,34,35)/t19-,23+,28-/m0/s1. The van der Waals surface area contributed by atoms with Crippen LogP contribution >= 0.6 is 0 Å². The molecule has 3 rings (SSSR count). The summed E-state index contributed by atoms with van der Waals surface area (Å²) < 4.78 is 5.58. The molecular weight excluding hydrogens is 460 g/mol. The lowest BCUT2D eigenvalue weighted by Gasteiger charge is -2.39. The molecule has 0 bridgehead atoms. The molecule has 194 valence electrons. The minimum Gasteiger partial charge on any atom is -0.496 e. The highest BCUT2D eigenvalue weighted by atomic mass is 16.5. The molecule has 2 N–H and O–H groups in total. The highest BCUT2D eigenvalue weighted by Gasteiger charge is 2.61. The van der Waals surface area contributed by atoms with E-state index in [0.717, 1.165) is 11.1 Å². The molecule has 1 aliphatic heterocycles. The number of hydrogen-bond donors (Lipinski definition) is 2. The summed E-state index contributed by atoms with van der Waals surface area (Å²) in [5.74, 6) is -3.66. The normalized spacial score (nSPS) is 22.1. The number of rotatable bonds is 7. The van der Waals surface area contributed by atoms with Gasteiger partial charge in [-0.25, -0.2) is 4.79 Å². The van der Waals surface area contributed by atoms with E-state index >= 15 is 0 Å². The summed E-state index contributed by atoms with van der Waals surface area (Å²) in [7, 11) is 1.52. The number of ether oxygens (including phenoxy) is 1. The average molecular weight is 497 g/mol. The second-order valence-electron chi connectivity index (χ2n) is 11.1. The molecule has 1 saturated heterocycles. The Balaban J connectivity index is 2.26. The monoisotopic (exact) mass is 496 g/mol. The molecule has 1 aromatic heterocycles. The molecule has 2 aromatic rings. The molecule has 1 amide bonds. The van der Waals surface area contributed by atoms with E-state index in [-0.39, 0.29) is 29.7 Å². The fourth-order valence-corrected chi connectivity index (χ4v) is 5.27.